The van der Waals surface area contributed by atoms with E-state index in [2.05, 4.69) is 4.98 Å². The van der Waals surface area contributed by atoms with Crippen molar-refractivity contribution >= 4 is 22.6 Å². The number of ether oxygens (including phenoxy) is 1. The van der Waals surface area contributed by atoms with Gasteiger partial charge in [-0.25, -0.2) is 4.98 Å². The molecule has 0 saturated carbocycles. The van der Waals surface area contributed by atoms with Crippen molar-refractivity contribution in [3.8, 4) is 6.07 Å². The summed E-state index contributed by atoms with van der Waals surface area (Å²) in [6, 6.07) is 7.70. The van der Waals surface area contributed by atoms with Gasteiger partial charge in [0.25, 0.3) is 5.69 Å². The van der Waals surface area contributed by atoms with Crippen LogP contribution in [0.15, 0.2) is 30.5 Å². The zero-order valence-electron chi connectivity index (χ0n) is 11.1. The van der Waals surface area contributed by atoms with Crippen LogP contribution < -0.4 is 0 Å². The molecule has 1 aromatic carbocycles. The minimum Gasteiger partial charge on any atom is -0.465 e. The number of non-ortho nitro benzene ring substituents is 1. The minimum atomic E-state index is -1.14. The number of carbonyl (C=O) groups excluding carboxylic acids is 1. The lowest BCUT2D eigenvalue weighted by atomic mass is 9.95. The molecule has 1 unspecified atom stereocenters. The molecule has 2 rings (SSSR count). The molecule has 0 radical (unpaired) electrons. The summed E-state index contributed by atoms with van der Waals surface area (Å²) in [7, 11) is 0. The van der Waals surface area contributed by atoms with Gasteiger partial charge in [-0.1, -0.05) is 6.07 Å². The van der Waals surface area contributed by atoms with E-state index in [0.717, 1.165) is 0 Å². The largest absolute Gasteiger partial charge is 0.465 e. The van der Waals surface area contributed by atoms with Gasteiger partial charge in [0, 0.05) is 17.6 Å². The highest BCUT2D eigenvalue weighted by atomic mass is 16.6. The number of nitriles is 1. The molecule has 0 aliphatic heterocycles. The lowest BCUT2D eigenvalue weighted by Crippen LogP contribution is -2.15. The predicted molar refractivity (Wildman–Crippen MR) is 73.4 cm³/mol. The number of aromatic nitrogens is 1. The van der Waals surface area contributed by atoms with Crippen molar-refractivity contribution in [2.45, 2.75) is 12.8 Å². The zero-order valence-corrected chi connectivity index (χ0v) is 11.1. The Hall–Kier alpha value is -3.01. The van der Waals surface area contributed by atoms with Crippen LogP contribution in [0.2, 0.25) is 0 Å². The first-order valence-corrected chi connectivity index (χ1v) is 6.18. The molecule has 0 bridgehead atoms. The SMILES string of the molecule is CCOC(=O)C(C#N)c1ccc([N+](=O)[O-])c2ncccc12. The molecular weight excluding hydrogens is 274 g/mol. The average molecular weight is 285 g/mol. The number of nitro groups is 1. The minimum absolute atomic E-state index is 0.143. The fourth-order valence-corrected chi connectivity index (χ4v) is 2.05. The summed E-state index contributed by atoms with van der Waals surface area (Å²) in [4.78, 5) is 26.3. The van der Waals surface area contributed by atoms with E-state index in [-0.39, 0.29) is 17.8 Å². The highest BCUT2D eigenvalue weighted by Gasteiger charge is 2.26. The Labute approximate surface area is 119 Å². The Morgan fingerprint density at radius 1 is 1.52 bits per heavy atom. The average Bonchev–Trinajstić information content (AvgIpc) is 2.48. The molecule has 0 saturated heterocycles. The second-order valence-corrected chi connectivity index (χ2v) is 4.14. The molecule has 7 nitrogen and oxygen atoms in total. The van der Waals surface area contributed by atoms with Gasteiger partial charge in [-0.05, 0) is 24.6 Å². The number of rotatable bonds is 4. The van der Waals surface area contributed by atoms with Crippen molar-refractivity contribution in [2.75, 3.05) is 6.61 Å². The Bertz CT molecular complexity index is 751. The fraction of sp³-hybridized carbons (Fsp3) is 0.214. The van der Waals surface area contributed by atoms with Crippen LogP contribution in [0.1, 0.15) is 18.4 Å². The van der Waals surface area contributed by atoms with Crippen molar-refractivity contribution in [1.29, 1.82) is 5.26 Å². The van der Waals surface area contributed by atoms with Crippen molar-refractivity contribution in [3.05, 3.63) is 46.1 Å². The topological polar surface area (TPSA) is 106 Å². The van der Waals surface area contributed by atoms with E-state index in [4.69, 9.17) is 4.74 Å². The molecule has 0 aliphatic carbocycles. The van der Waals surface area contributed by atoms with Gasteiger partial charge in [0.15, 0.2) is 5.92 Å². The van der Waals surface area contributed by atoms with E-state index < -0.39 is 16.8 Å². The lowest BCUT2D eigenvalue weighted by molar-refractivity contribution is -0.383. The second-order valence-electron chi connectivity index (χ2n) is 4.14. The predicted octanol–water partition coefficient (Wildman–Crippen LogP) is 2.31. The fourth-order valence-electron chi connectivity index (χ4n) is 2.05. The summed E-state index contributed by atoms with van der Waals surface area (Å²) < 4.78 is 4.86. The first kappa shape index (κ1) is 14.4. The van der Waals surface area contributed by atoms with Crippen molar-refractivity contribution < 1.29 is 14.5 Å². The maximum atomic E-state index is 11.8. The first-order chi connectivity index (χ1) is 10.1. The molecule has 0 amide bonds. The van der Waals surface area contributed by atoms with E-state index in [1.54, 1.807) is 19.1 Å². The summed E-state index contributed by atoms with van der Waals surface area (Å²) in [5.74, 6) is -1.82. The van der Waals surface area contributed by atoms with Crippen LogP contribution in [0.25, 0.3) is 10.9 Å². The van der Waals surface area contributed by atoms with Crippen LogP contribution in [0.5, 0.6) is 0 Å². The number of nitrogens with zero attached hydrogens (tertiary/aromatic N) is 3. The molecule has 0 spiro atoms. The number of hydrogen-bond acceptors (Lipinski definition) is 6. The smallest absolute Gasteiger partial charge is 0.327 e. The van der Waals surface area contributed by atoms with Gasteiger partial charge in [0.2, 0.25) is 0 Å². The Kier molecular flexibility index (Phi) is 4.09. The van der Waals surface area contributed by atoms with Gasteiger partial charge in [0.1, 0.15) is 5.52 Å². The number of nitro benzene ring substituents is 1. The van der Waals surface area contributed by atoms with Crippen molar-refractivity contribution in [1.82, 2.24) is 4.98 Å². The summed E-state index contributed by atoms with van der Waals surface area (Å²) in [5, 5.41) is 20.6. The standard InChI is InChI=1S/C14H11N3O4/c1-2-21-14(18)11(8-15)9-5-6-12(17(19)20)13-10(9)4-3-7-16-13/h3-7,11H,2H2,1H3. The first-order valence-electron chi connectivity index (χ1n) is 6.18. The van der Waals surface area contributed by atoms with Crippen LogP contribution in [0.3, 0.4) is 0 Å². The molecular formula is C14H11N3O4. The van der Waals surface area contributed by atoms with Gasteiger partial charge in [-0.15, -0.1) is 0 Å². The molecule has 0 fully saturated rings. The van der Waals surface area contributed by atoms with Gasteiger partial charge in [0.05, 0.1) is 17.6 Å². The van der Waals surface area contributed by atoms with Crippen molar-refractivity contribution in [3.63, 3.8) is 0 Å². The molecule has 7 heteroatoms. The molecule has 1 aromatic heterocycles. The van der Waals surface area contributed by atoms with Crippen molar-refractivity contribution in [2.24, 2.45) is 0 Å². The molecule has 0 aliphatic rings. The monoisotopic (exact) mass is 285 g/mol. The number of carbonyl (C=O) groups is 1. The third kappa shape index (κ3) is 2.65. The molecule has 2 aromatic rings. The summed E-state index contributed by atoms with van der Waals surface area (Å²) in [5.41, 5.74) is 0.323. The Balaban J connectivity index is 2.66. The third-order valence-electron chi connectivity index (χ3n) is 2.94. The van der Waals surface area contributed by atoms with E-state index in [1.165, 1.54) is 18.3 Å². The van der Waals surface area contributed by atoms with Crippen LogP contribution in [0.4, 0.5) is 5.69 Å². The maximum absolute atomic E-state index is 11.8. The lowest BCUT2D eigenvalue weighted by Gasteiger charge is -2.11. The van der Waals surface area contributed by atoms with Gasteiger partial charge in [-0.3, -0.25) is 14.9 Å². The van der Waals surface area contributed by atoms with Gasteiger partial charge >= 0.3 is 5.97 Å². The summed E-state index contributed by atoms with van der Waals surface area (Å²) >= 11 is 0. The third-order valence-corrected chi connectivity index (χ3v) is 2.94. The molecule has 21 heavy (non-hydrogen) atoms. The van der Waals surface area contributed by atoms with E-state index in [1.807, 2.05) is 6.07 Å². The molecule has 1 heterocycles. The van der Waals surface area contributed by atoms with E-state index >= 15 is 0 Å². The highest BCUT2D eigenvalue weighted by Crippen LogP contribution is 2.31. The molecule has 0 N–H and O–H groups in total. The number of fused-ring (bicyclic) bond motifs is 1. The van der Waals surface area contributed by atoms with Gasteiger partial charge in [-0.2, -0.15) is 5.26 Å². The molecule has 106 valence electrons. The quantitative estimate of drug-likeness (QED) is 0.484. The Morgan fingerprint density at radius 2 is 2.29 bits per heavy atom. The van der Waals surface area contributed by atoms with Crippen LogP contribution in [-0.2, 0) is 9.53 Å². The summed E-state index contributed by atoms with van der Waals surface area (Å²) in [6.07, 6.45) is 1.42. The van der Waals surface area contributed by atoms with Gasteiger partial charge < -0.3 is 4.74 Å². The highest BCUT2D eigenvalue weighted by molar-refractivity contribution is 5.95. The number of hydrogen-bond donors (Lipinski definition) is 0. The van der Waals surface area contributed by atoms with Crippen LogP contribution in [0, 0.1) is 21.4 Å². The number of benzene rings is 1. The van der Waals surface area contributed by atoms with E-state index in [9.17, 15) is 20.2 Å². The molecule has 1 atom stereocenters. The normalized spacial score (nSPS) is 11.6. The number of esters is 1. The van der Waals surface area contributed by atoms with E-state index in [0.29, 0.717) is 10.9 Å². The van der Waals surface area contributed by atoms with Crippen LogP contribution >= 0.6 is 0 Å². The Morgan fingerprint density at radius 3 is 2.90 bits per heavy atom. The van der Waals surface area contributed by atoms with Crippen LogP contribution in [-0.4, -0.2) is 22.5 Å². The zero-order chi connectivity index (χ0) is 15.4. The number of pyridine rings is 1. The summed E-state index contributed by atoms with van der Waals surface area (Å²) in [6.45, 7) is 1.79. The maximum Gasteiger partial charge on any atom is 0.327 e. The second kappa shape index (κ2) is 5.96.